The number of ether oxygens (including phenoxy) is 1. The summed E-state index contributed by atoms with van der Waals surface area (Å²) in [4.78, 5) is 12.1. The van der Waals surface area contributed by atoms with Crippen LogP contribution in [-0.2, 0) is 11.2 Å². The van der Waals surface area contributed by atoms with Crippen molar-refractivity contribution in [2.45, 2.75) is 25.8 Å². The van der Waals surface area contributed by atoms with Gasteiger partial charge in [0, 0.05) is 26.1 Å². The van der Waals surface area contributed by atoms with Crippen LogP contribution in [0, 0.1) is 0 Å². The first-order valence-corrected chi connectivity index (χ1v) is 7.18. The fourth-order valence-corrected chi connectivity index (χ4v) is 2.16. The summed E-state index contributed by atoms with van der Waals surface area (Å²) in [7, 11) is 1.67. The molecule has 6 heteroatoms. The fraction of sp³-hybridized carbons (Fsp3) is 0.467. The highest BCUT2D eigenvalue weighted by Crippen LogP contribution is 2.11. The second kappa shape index (κ2) is 7.64. The number of hydrogen-bond donors (Lipinski definition) is 3. The molecule has 0 aliphatic heterocycles. The third-order valence-corrected chi connectivity index (χ3v) is 3.10. The molecular formula is C15H23N5O. The van der Waals surface area contributed by atoms with Crippen molar-refractivity contribution >= 4 is 17.0 Å². The minimum absolute atomic E-state index is 0.161. The first-order chi connectivity index (χ1) is 10.2. The molecule has 0 aliphatic carbocycles. The molecule has 2 aromatic rings. The van der Waals surface area contributed by atoms with Crippen LogP contribution in [0.1, 0.15) is 19.2 Å². The lowest BCUT2D eigenvalue weighted by atomic mass is 10.3. The number of para-hydroxylation sites is 2. The average Bonchev–Trinajstić information content (AvgIpc) is 2.86. The molecule has 0 bridgehead atoms. The molecule has 1 aromatic carbocycles. The molecule has 114 valence electrons. The van der Waals surface area contributed by atoms with Gasteiger partial charge in [0.05, 0.1) is 17.6 Å². The molecule has 2 rings (SSSR count). The Morgan fingerprint density at radius 2 is 2.29 bits per heavy atom. The van der Waals surface area contributed by atoms with E-state index in [2.05, 4.69) is 20.3 Å². The summed E-state index contributed by atoms with van der Waals surface area (Å²) in [6.45, 7) is 3.28. The maximum Gasteiger partial charge on any atom is 0.188 e. The van der Waals surface area contributed by atoms with Crippen LogP contribution in [0.5, 0.6) is 0 Å². The van der Waals surface area contributed by atoms with E-state index >= 15 is 0 Å². The summed E-state index contributed by atoms with van der Waals surface area (Å²) in [6.07, 6.45) is 1.76. The van der Waals surface area contributed by atoms with E-state index in [0.717, 1.165) is 29.7 Å². The maximum atomic E-state index is 5.81. The molecule has 0 radical (unpaired) electrons. The van der Waals surface area contributed by atoms with Gasteiger partial charge in [0.1, 0.15) is 5.82 Å². The van der Waals surface area contributed by atoms with Gasteiger partial charge in [-0.15, -0.1) is 0 Å². The predicted molar refractivity (Wildman–Crippen MR) is 85.4 cm³/mol. The highest BCUT2D eigenvalue weighted by molar-refractivity contribution is 5.78. The van der Waals surface area contributed by atoms with Crippen molar-refractivity contribution < 1.29 is 4.74 Å². The van der Waals surface area contributed by atoms with Gasteiger partial charge in [-0.2, -0.15) is 0 Å². The number of methoxy groups -OCH3 is 1. The highest BCUT2D eigenvalue weighted by Gasteiger charge is 2.03. The molecule has 1 aromatic heterocycles. The number of fused-ring (bicyclic) bond motifs is 1. The van der Waals surface area contributed by atoms with Gasteiger partial charge in [0.25, 0.3) is 0 Å². The number of nitrogens with one attached hydrogen (secondary N) is 2. The summed E-state index contributed by atoms with van der Waals surface area (Å²) in [5.74, 6) is 1.45. The van der Waals surface area contributed by atoms with E-state index in [0.29, 0.717) is 19.1 Å². The normalized spacial score (nSPS) is 13.5. The molecule has 1 unspecified atom stereocenters. The number of aliphatic imine (C=N–C) groups is 1. The van der Waals surface area contributed by atoms with E-state index in [1.165, 1.54) is 0 Å². The Bertz CT molecular complexity index is 560. The summed E-state index contributed by atoms with van der Waals surface area (Å²) in [5, 5.41) is 3.08. The zero-order valence-corrected chi connectivity index (χ0v) is 12.6. The summed E-state index contributed by atoms with van der Waals surface area (Å²) in [5.41, 5.74) is 7.89. The van der Waals surface area contributed by atoms with E-state index in [-0.39, 0.29) is 6.04 Å². The number of imidazole rings is 1. The van der Waals surface area contributed by atoms with Crippen LogP contribution in [0.2, 0.25) is 0 Å². The minimum Gasteiger partial charge on any atom is -0.383 e. The van der Waals surface area contributed by atoms with Crippen LogP contribution in [0.3, 0.4) is 0 Å². The number of rotatable bonds is 7. The summed E-state index contributed by atoms with van der Waals surface area (Å²) >= 11 is 0. The molecule has 6 nitrogen and oxygen atoms in total. The minimum atomic E-state index is 0.161. The SMILES string of the molecule is COCC(C)NC(N)=NCCCc1nc2ccccc2[nH]1. The highest BCUT2D eigenvalue weighted by atomic mass is 16.5. The molecule has 0 aliphatic rings. The quantitative estimate of drug-likeness (QED) is 0.409. The van der Waals surface area contributed by atoms with Crippen LogP contribution < -0.4 is 11.1 Å². The van der Waals surface area contributed by atoms with Gasteiger partial charge in [0.2, 0.25) is 0 Å². The Morgan fingerprint density at radius 1 is 1.48 bits per heavy atom. The van der Waals surface area contributed by atoms with Gasteiger partial charge in [-0.05, 0) is 25.5 Å². The third-order valence-electron chi connectivity index (χ3n) is 3.10. The van der Waals surface area contributed by atoms with Gasteiger partial charge < -0.3 is 20.8 Å². The fourth-order valence-electron chi connectivity index (χ4n) is 2.16. The molecule has 0 saturated heterocycles. The first-order valence-electron chi connectivity index (χ1n) is 7.18. The van der Waals surface area contributed by atoms with Crippen LogP contribution in [0.15, 0.2) is 29.3 Å². The second-order valence-corrected chi connectivity index (χ2v) is 5.07. The van der Waals surface area contributed by atoms with Crippen molar-refractivity contribution in [1.82, 2.24) is 15.3 Å². The number of hydrogen-bond acceptors (Lipinski definition) is 3. The largest absolute Gasteiger partial charge is 0.383 e. The number of aryl methyl sites for hydroxylation is 1. The van der Waals surface area contributed by atoms with Crippen molar-refractivity contribution in [1.29, 1.82) is 0 Å². The maximum absolute atomic E-state index is 5.81. The van der Waals surface area contributed by atoms with Crippen molar-refractivity contribution in [3.05, 3.63) is 30.1 Å². The number of H-pyrrole nitrogens is 1. The van der Waals surface area contributed by atoms with Gasteiger partial charge in [-0.3, -0.25) is 4.99 Å². The average molecular weight is 289 g/mol. The Balaban J connectivity index is 1.76. The number of aromatic nitrogens is 2. The van der Waals surface area contributed by atoms with E-state index in [1.807, 2.05) is 31.2 Å². The zero-order chi connectivity index (χ0) is 15.1. The molecule has 4 N–H and O–H groups in total. The third kappa shape index (κ3) is 4.75. The van der Waals surface area contributed by atoms with Crippen LogP contribution in [0.4, 0.5) is 0 Å². The Labute approximate surface area is 124 Å². The van der Waals surface area contributed by atoms with E-state index in [9.17, 15) is 0 Å². The monoisotopic (exact) mass is 289 g/mol. The number of guanidine groups is 1. The van der Waals surface area contributed by atoms with Gasteiger partial charge in [-0.25, -0.2) is 4.98 Å². The summed E-state index contributed by atoms with van der Waals surface area (Å²) < 4.78 is 5.03. The molecule has 0 fully saturated rings. The molecular weight excluding hydrogens is 266 g/mol. The molecule has 1 atom stereocenters. The Morgan fingerprint density at radius 3 is 3.05 bits per heavy atom. The molecule has 0 saturated carbocycles. The van der Waals surface area contributed by atoms with Crippen LogP contribution in [-0.4, -0.2) is 42.2 Å². The number of nitrogens with two attached hydrogens (primary N) is 1. The van der Waals surface area contributed by atoms with Gasteiger partial charge >= 0.3 is 0 Å². The smallest absolute Gasteiger partial charge is 0.188 e. The zero-order valence-electron chi connectivity index (χ0n) is 12.6. The van der Waals surface area contributed by atoms with Crippen molar-refractivity contribution in [3.8, 4) is 0 Å². The van der Waals surface area contributed by atoms with E-state index < -0.39 is 0 Å². The first kappa shape index (κ1) is 15.3. The second-order valence-electron chi connectivity index (χ2n) is 5.07. The lowest BCUT2D eigenvalue weighted by Gasteiger charge is -2.12. The van der Waals surface area contributed by atoms with E-state index in [4.69, 9.17) is 10.5 Å². The number of aromatic amines is 1. The predicted octanol–water partition coefficient (Wildman–Crippen LogP) is 1.43. The van der Waals surface area contributed by atoms with Gasteiger partial charge in [0.15, 0.2) is 5.96 Å². The summed E-state index contributed by atoms with van der Waals surface area (Å²) in [6, 6.07) is 8.19. The van der Waals surface area contributed by atoms with Gasteiger partial charge in [-0.1, -0.05) is 12.1 Å². The van der Waals surface area contributed by atoms with E-state index in [1.54, 1.807) is 7.11 Å². The molecule has 1 heterocycles. The van der Waals surface area contributed by atoms with Crippen LogP contribution in [0.25, 0.3) is 11.0 Å². The molecule has 0 amide bonds. The Kier molecular flexibility index (Phi) is 5.57. The molecule has 21 heavy (non-hydrogen) atoms. The lowest BCUT2D eigenvalue weighted by Crippen LogP contribution is -2.40. The lowest BCUT2D eigenvalue weighted by molar-refractivity contribution is 0.179. The van der Waals surface area contributed by atoms with Crippen molar-refractivity contribution in [2.75, 3.05) is 20.3 Å². The number of nitrogens with zero attached hydrogens (tertiary/aromatic N) is 2. The number of benzene rings is 1. The van der Waals surface area contributed by atoms with Crippen molar-refractivity contribution in [2.24, 2.45) is 10.7 Å². The molecule has 0 spiro atoms. The topological polar surface area (TPSA) is 88.3 Å². The van der Waals surface area contributed by atoms with Crippen molar-refractivity contribution in [3.63, 3.8) is 0 Å². The Hall–Kier alpha value is -2.08. The van der Waals surface area contributed by atoms with Crippen LogP contribution >= 0.6 is 0 Å². The standard InChI is InChI=1S/C15H23N5O/c1-11(10-21-2)18-15(16)17-9-5-8-14-19-12-6-3-4-7-13(12)20-14/h3-4,6-7,11H,5,8-10H2,1-2H3,(H,19,20)(H3,16,17,18).